The molecule has 3 heterocycles. The van der Waals surface area contributed by atoms with Crippen LogP contribution in [0, 0.1) is 5.82 Å². The van der Waals surface area contributed by atoms with E-state index in [0.717, 1.165) is 0 Å². The van der Waals surface area contributed by atoms with Crippen LogP contribution < -0.4 is 10.1 Å². The number of hydrogen-bond acceptors (Lipinski definition) is 5. The number of methoxy groups -OCH3 is 1. The number of aromatic nitrogens is 1. The Balaban J connectivity index is 1.40. The molecule has 3 aromatic heterocycles. The number of carbonyl (C=O) groups is 2. The van der Waals surface area contributed by atoms with Gasteiger partial charge in [-0.2, -0.15) is 0 Å². The molecule has 0 aliphatic heterocycles. The Hall–Kier alpha value is -5.11. The number of hydrogen-bond donors (Lipinski definition) is 1. The van der Waals surface area contributed by atoms with E-state index in [0.29, 0.717) is 38.9 Å². The average Bonchev–Trinajstić information content (AvgIpc) is 3.63. The molecule has 0 atom stereocenters. The van der Waals surface area contributed by atoms with Crippen LogP contribution in [0.4, 0.5) is 10.1 Å². The number of carbonyl (C=O) groups excluding carboxylic acids is 2. The van der Waals surface area contributed by atoms with Gasteiger partial charge in [0, 0.05) is 29.6 Å². The Bertz CT molecular complexity index is 1810. The van der Waals surface area contributed by atoms with Crippen molar-refractivity contribution in [1.29, 1.82) is 0 Å². The van der Waals surface area contributed by atoms with Crippen LogP contribution in [0.1, 0.15) is 32.2 Å². The molecule has 0 bridgehead atoms. The Morgan fingerprint density at radius 1 is 0.947 bits per heavy atom. The van der Waals surface area contributed by atoms with Gasteiger partial charge in [0.15, 0.2) is 11.3 Å². The number of amides is 1. The number of ether oxygens (including phenoxy) is 1. The lowest BCUT2D eigenvalue weighted by atomic mass is 10.1. The van der Waals surface area contributed by atoms with Crippen LogP contribution >= 0.6 is 0 Å². The lowest BCUT2D eigenvalue weighted by molar-refractivity contribution is 0.101. The third-order valence-corrected chi connectivity index (χ3v) is 6.38. The summed E-state index contributed by atoms with van der Waals surface area (Å²) in [7, 11) is 1.55. The minimum atomic E-state index is -0.469. The lowest BCUT2D eigenvalue weighted by Crippen LogP contribution is -2.19. The minimum absolute atomic E-state index is 0.0108. The molecule has 3 aromatic carbocycles. The number of halogens is 1. The summed E-state index contributed by atoms with van der Waals surface area (Å²) in [6.07, 6.45) is 1.53. The van der Waals surface area contributed by atoms with Crippen molar-refractivity contribution in [2.45, 2.75) is 6.54 Å². The van der Waals surface area contributed by atoms with Crippen molar-refractivity contribution in [3.05, 3.63) is 120 Å². The highest BCUT2D eigenvalue weighted by molar-refractivity contribution is 6.19. The molecule has 0 radical (unpaired) electrons. The minimum Gasteiger partial charge on any atom is -0.497 e. The van der Waals surface area contributed by atoms with Crippen LogP contribution in [0.5, 0.6) is 5.75 Å². The number of furan rings is 2. The van der Waals surface area contributed by atoms with Crippen molar-refractivity contribution in [2.24, 2.45) is 0 Å². The van der Waals surface area contributed by atoms with E-state index in [2.05, 4.69) is 5.32 Å². The fourth-order valence-corrected chi connectivity index (χ4v) is 4.53. The fraction of sp³-hybridized carbons (Fsp3) is 0.0667. The van der Waals surface area contributed by atoms with E-state index in [4.69, 9.17) is 13.6 Å². The third kappa shape index (κ3) is 4.12. The van der Waals surface area contributed by atoms with Crippen molar-refractivity contribution < 1.29 is 27.6 Å². The first-order chi connectivity index (χ1) is 18.5. The number of fused-ring (bicyclic) bond motifs is 2. The molecule has 38 heavy (non-hydrogen) atoms. The van der Waals surface area contributed by atoms with Gasteiger partial charge in [0.25, 0.3) is 5.91 Å². The molecule has 0 saturated carbocycles. The van der Waals surface area contributed by atoms with E-state index in [-0.39, 0.29) is 35.3 Å². The first-order valence-corrected chi connectivity index (χ1v) is 11.8. The molecule has 8 heteroatoms. The van der Waals surface area contributed by atoms with Crippen LogP contribution in [0.15, 0.2) is 100 Å². The zero-order valence-electron chi connectivity index (χ0n) is 20.2. The molecule has 0 saturated heterocycles. The van der Waals surface area contributed by atoms with E-state index in [1.807, 2.05) is 0 Å². The predicted octanol–water partition coefficient (Wildman–Crippen LogP) is 6.66. The van der Waals surface area contributed by atoms with Gasteiger partial charge in [-0.1, -0.05) is 24.3 Å². The van der Waals surface area contributed by atoms with Gasteiger partial charge in [-0.3, -0.25) is 9.59 Å². The quantitative estimate of drug-likeness (QED) is 0.244. The average molecular weight is 509 g/mol. The number of nitrogens with one attached hydrogen (secondary N) is 1. The fourth-order valence-electron chi connectivity index (χ4n) is 4.53. The molecule has 0 spiro atoms. The standard InChI is InChI=1S/C30H21FN2O5/c1-36-21-11-9-19(10-12-21)28(34)29-27(22-7-2-3-8-25(22)38-29)32-30(35)24-16-26-23(13-14-37-26)33(24)17-18-5-4-6-20(31)15-18/h2-16H,17H2,1H3,(H,32,35). The SMILES string of the molecule is COc1ccc(C(=O)c2oc3ccccc3c2NC(=O)c2cc3occc3n2Cc2cccc(F)c2)cc1. The molecule has 6 aromatic rings. The monoisotopic (exact) mass is 508 g/mol. The van der Waals surface area contributed by atoms with E-state index in [1.54, 1.807) is 84.5 Å². The van der Waals surface area contributed by atoms with E-state index in [1.165, 1.54) is 18.4 Å². The van der Waals surface area contributed by atoms with Gasteiger partial charge in [0.2, 0.25) is 5.78 Å². The summed E-state index contributed by atoms with van der Waals surface area (Å²) < 4.78 is 32.3. The van der Waals surface area contributed by atoms with Crippen LogP contribution in [0.3, 0.4) is 0 Å². The van der Waals surface area contributed by atoms with E-state index in [9.17, 15) is 14.0 Å². The second-order valence-electron chi connectivity index (χ2n) is 8.73. The summed E-state index contributed by atoms with van der Waals surface area (Å²) in [6, 6.07) is 23.3. The number of rotatable bonds is 7. The molecule has 1 amide bonds. The second kappa shape index (κ2) is 9.40. The van der Waals surface area contributed by atoms with Crippen molar-refractivity contribution >= 4 is 39.4 Å². The van der Waals surface area contributed by atoms with Crippen molar-refractivity contribution in [2.75, 3.05) is 12.4 Å². The van der Waals surface area contributed by atoms with Crippen LogP contribution in [-0.4, -0.2) is 23.4 Å². The summed E-state index contributed by atoms with van der Waals surface area (Å²) in [6.45, 7) is 0.243. The number of benzene rings is 3. The molecule has 188 valence electrons. The summed E-state index contributed by atoms with van der Waals surface area (Å²) in [5, 5.41) is 3.48. The molecular weight excluding hydrogens is 487 g/mol. The number of nitrogens with zero attached hydrogens (tertiary/aromatic N) is 1. The third-order valence-electron chi connectivity index (χ3n) is 6.38. The first kappa shape index (κ1) is 23.3. The lowest BCUT2D eigenvalue weighted by Gasteiger charge is -2.11. The predicted molar refractivity (Wildman–Crippen MR) is 140 cm³/mol. The highest BCUT2D eigenvalue weighted by Gasteiger charge is 2.26. The van der Waals surface area contributed by atoms with Crippen LogP contribution in [0.25, 0.3) is 22.1 Å². The molecular formula is C30H21FN2O5. The van der Waals surface area contributed by atoms with Gasteiger partial charge in [-0.05, 0) is 54.1 Å². The molecule has 6 rings (SSSR count). The van der Waals surface area contributed by atoms with Crippen molar-refractivity contribution in [3.8, 4) is 5.75 Å². The van der Waals surface area contributed by atoms with Gasteiger partial charge in [0.05, 0.1) is 24.6 Å². The maximum absolute atomic E-state index is 13.9. The van der Waals surface area contributed by atoms with E-state index < -0.39 is 5.91 Å². The molecule has 1 N–H and O–H groups in total. The number of para-hydroxylation sites is 1. The van der Waals surface area contributed by atoms with Crippen molar-refractivity contribution in [1.82, 2.24) is 4.57 Å². The van der Waals surface area contributed by atoms with Crippen LogP contribution in [0.2, 0.25) is 0 Å². The Morgan fingerprint density at radius 2 is 1.76 bits per heavy atom. The van der Waals surface area contributed by atoms with Gasteiger partial charge in [-0.25, -0.2) is 4.39 Å². The van der Waals surface area contributed by atoms with E-state index >= 15 is 0 Å². The largest absolute Gasteiger partial charge is 0.497 e. The normalized spacial score (nSPS) is 11.2. The zero-order valence-corrected chi connectivity index (χ0v) is 20.2. The smallest absolute Gasteiger partial charge is 0.272 e. The first-order valence-electron chi connectivity index (χ1n) is 11.8. The zero-order chi connectivity index (χ0) is 26.2. The molecule has 0 fully saturated rings. The van der Waals surface area contributed by atoms with Gasteiger partial charge >= 0.3 is 0 Å². The van der Waals surface area contributed by atoms with Gasteiger partial charge in [-0.15, -0.1) is 0 Å². The van der Waals surface area contributed by atoms with Gasteiger partial charge in [0.1, 0.15) is 22.8 Å². The molecule has 7 nitrogen and oxygen atoms in total. The highest BCUT2D eigenvalue weighted by atomic mass is 19.1. The maximum Gasteiger partial charge on any atom is 0.272 e. The number of anilines is 1. The van der Waals surface area contributed by atoms with Gasteiger partial charge < -0.3 is 23.5 Å². The van der Waals surface area contributed by atoms with Crippen LogP contribution in [-0.2, 0) is 6.54 Å². The van der Waals surface area contributed by atoms with Crippen molar-refractivity contribution in [3.63, 3.8) is 0 Å². The molecule has 0 aliphatic carbocycles. The summed E-state index contributed by atoms with van der Waals surface area (Å²) in [4.78, 5) is 27.1. The topological polar surface area (TPSA) is 86.6 Å². The molecule has 0 unspecified atom stereocenters. The highest BCUT2D eigenvalue weighted by Crippen LogP contribution is 2.34. The second-order valence-corrected chi connectivity index (χ2v) is 8.73. The summed E-state index contributed by atoms with van der Waals surface area (Å²) >= 11 is 0. The summed E-state index contributed by atoms with van der Waals surface area (Å²) in [5.41, 5.74) is 3.28. The number of ketones is 1. The Morgan fingerprint density at radius 3 is 2.55 bits per heavy atom. The maximum atomic E-state index is 13.9. The molecule has 0 aliphatic rings. The Labute approximate surface area is 216 Å². The Kier molecular flexibility index (Phi) is 5.76. The summed E-state index contributed by atoms with van der Waals surface area (Å²) in [5.74, 6) is -0.596.